The van der Waals surface area contributed by atoms with E-state index >= 15 is 0 Å². The molecule has 1 rings (SSSR count). The molecule has 0 fully saturated rings. The highest BCUT2D eigenvalue weighted by molar-refractivity contribution is 7.80. The van der Waals surface area contributed by atoms with Crippen LogP contribution in [0.4, 0.5) is 0 Å². The van der Waals surface area contributed by atoms with E-state index in [1.807, 2.05) is 0 Å². The third-order valence-corrected chi connectivity index (χ3v) is 3.23. The molecule has 0 saturated carbocycles. The molecule has 122 valence electrons. The number of hydrogen-bond acceptors (Lipinski definition) is 4. The standard InChI is InChI=1S/C16H24N2O3S/c1-2-3-4-12-21-14-8-6-13(7-9-14)15(20)18-16(22)17-10-5-11-19/h6-9,19H,2-5,10-12H2,1H3,(H2,17,18,20,22). The number of carbonyl (C=O) groups excluding carboxylic acids is 1. The molecule has 3 N–H and O–H groups in total. The van der Waals surface area contributed by atoms with Gasteiger partial charge in [0.25, 0.3) is 5.91 Å². The monoisotopic (exact) mass is 324 g/mol. The van der Waals surface area contributed by atoms with Crippen LogP contribution in [0, 0.1) is 0 Å². The molecule has 1 amide bonds. The number of amides is 1. The van der Waals surface area contributed by atoms with Crippen molar-refractivity contribution >= 4 is 23.2 Å². The number of aliphatic hydroxyl groups is 1. The van der Waals surface area contributed by atoms with E-state index in [4.69, 9.17) is 22.1 Å². The van der Waals surface area contributed by atoms with Crippen LogP contribution in [0.1, 0.15) is 43.0 Å². The molecule has 0 aliphatic carbocycles. The summed E-state index contributed by atoms with van der Waals surface area (Å²) in [6, 6.07) is 6.98. The molecule has 5 nitrogen and oxygen atoms in total. The van der Waals surface area contributed by atoms with Gasteiger partial charge >= 0.3 is 0 Å². The minimum atomic E-state index is -0.265. The number of thiocarbonyl (C=S) groups is 1. The average Bonchev–Trinajstić information content (AvgIpc) is 2.52. The van der Waals surface area contributed by atoms with Gasteiger partial charge in [0, 0.05) is 18.7 Å². The molecular weight excluding hydrogens is 300 g/mol. The molecule has 0 atom stereocenters. The molecule has 0 saturated heterocycles. The first-order valence-electron chi connectivity index (χ1n) is 7.60. The van der Waals surface area contributed by atoms with Crippen LogP contribution in [0.2, 0.25) is 0 Å². The molecule has 1 aromatic rings. The van der Waals surface area contributed by atoms with Crippen LogP contribution >= 0.6 is 12.2 Å². The van der Waals surface area contributed by atoms with Gasteiger partial charge < -0.3 is 15.2 Å². The molecule has 0 spiro atoms. The summed E-state index contributed by atoms with van der Waals surface area (Å²) in [4.78, 5) is 12.0. The number of carbonyl (C=O) groups is 1. The fraction of sp³-hybridized carbons (Fsp3) is 0.500. The highest BCUT2D eigenvalue weighted by Gasteiger charge is 2.07. The van der Waals surface area contributed by atoms with Crippen LogP contribution < -0.4 is 15.4 Å². The normalized spacial score (nSPS) is 10.1. The first-order chi connectivity index (χ1) is 10.7. The summed E-state index contributed by atoms with van der Waals surface area (Å²) in [5.74, 6) is 0.496. The molecule has 0 bridgehead atoms. The minimum absolute atomic E-state index is 0.0866. The smallest absolute Gasteiger partial charge is 0.257 e. The predicted molar refractivity (Wildman–Crippen MR) is 91.2 cm³/mol. The van der Waals surface area contributed by atoms with E-state index in [9.17, 15) is 4.79 Å². The van der Waals surface area contributed by atoms with Crippen LogP contribution in [0.3, 0.4) is 0 Å². The molecule has 1 aromatic carbocycles. The lowest BCUT2D eigenvalue weighted by Gasteiger charge is -2.09. The van der Waals surface area contributed by atoms with Crippen molar-refractivity contribution in [1.82, 2.24) is 10.6 Å². The molecule has 22 heavy (non-hydrogen) atoms. The number of nitrogens with one attached hydrogen (secondary N) is 2. The van der Waals surface area contributed by atoms with E-state index in [0.29, 0.717) is 25.1 Å². The molecule has 0 aliphatic heterocycles. The summed E-state index contributed by atoms with van der Waals surface area (Å²) in [7, 11) is 0. The third kappa shape index (κ3) is 7.38. The van der Waals surface area contributed by atoms with E-state index in [0.717, 1.165) is 25.0 Å². The van der Waals surface area contributed by atoms with E-state index in [1.54, 1.807) is 24.3 Å². The first-order valence-corrected chi connectivity index (χ1v) is 8.01. The lowest BCUT2D eigenvalue weighted by Crippen LogP contribution is -2.39. The Hall–Kier alpha value is -1.66. The molecule has 6 heteroatoms. The van der Waals surface area contributed by atoms with Crippen molar-refractivity contribution in [2.75, 3.05) is 19.8 Å². The second-order valence-corrected chi connectivity index (χ2v) is 5.28. The maximum Gasteiger partial charge on any atom is 0.257 e. The zero-order valence-corrected chi connectivity index (χ0v) is 13.7. The summed E-state index contributed by atoms with van der Waals surface area (Å²) in [5, 5.41) is 14.4. The van der Waals surface area contributed by atoms with Crippen molar-refractivity contribution in [2.24, 2.45) is 0 Å². The molecule has 0 radical (unpaired) electrons. The summed E-state index contributed by atoms with van der Waals surface area (Å²) >= 11 is 5.00. The Morgan fingerprint density at radius 1 is 1.23 bits per heavy atom. The highest BCUT2D eigenvalue weighted by Crippen LogP contribution is 2.12. The Morgan fingerprint density at radius 2 is 1.95 bits per heavy atom. The minimum Gasteiger partial charge on any atom is -0.494 e. The van der Waals surface area contributed by atoms with E-state index in [1.165, 1.54) is 0 Å². The third-order valence-electron chi connectivity index (χ3n) is 2.98. The Labute approximate surface area is 137 Å². The van der Waals surface area contributed by atoms with Gasteiger partial charge in [0.15, 0.2) is 5.11 Å². The highest BCUT2D eigenvalue weighted by atomic mass is 32.1. The van der Waals surface area contributed by atoms with Crippen LogP contribution in [0.25, 0.3) is 0 Å². The van der Waals surface area contributed by atoms with Gasteiger partial charge in [0.1, 0.15) is 5.75 Å². The molecular formula is C16H24N2O3S. The van der Waals surface area contributed by atoms with Crippen molar-refractivity contribution < 1.29 is 14.6 Å². The van der Waals surface area contributed by atoms with Gasteiger partial charge in [-0.25, -0.2) is 0 Å². The van der Waals surface area contributed by atoms with Crippen molar-refractivity contribution in [3.63, 3.8) is 0 Å². The van der Waals surface area contributed by atoms with Gasteiger partial charge in [-0.05, 0) is 49.3 Å². The van der Waals surface area contributed by atoms with Crippen molar-refractivity contribution in [1.29, 1.82) is 0 Å². The van der Waals surface area contributed by atoms with Gasteiger partial charge in [0.05, 0.1) is 6.61 Å². The Morgan fingerprint density at radius 3 is 2.59 bits per heavy atom. The van der Waals surface area contributed by atoms with Crippen molar-refractivity contribution in [3.8, 4) is 5.75 Å². The molecule has 0 aromatic heterocycles. The fourth-order valence-electron chi connectivity index (χ4n) is 1.75. The van der Waals surface area contributed by atoms with Crippen LogP contribution in [0.5, 0.6) is 5.75 Å². The number of hydrogen-bond donors (Lipinski definition) is 3. The zero-order valence-electron chi connectivity index (χ0n) is 12.9. The molecule has 0 unspecified atom stereocenters. The molecule has 0 heterocycles. The Kier molecular flexibility index (Phi) is 9.18. The van der Waals surface area contributed by atoms with Crippen LogP contribution in [0.15, 0.2) is 24.3 Å². The Balaban J connectivity index is 2.38. The second kappa shape index (κ2) is 11.0. The molecule has 0 aliphatic rings. The van der Waals surface area contributed by atoms with Gasteiger partial charge in [-0.2, -0.15) is 0 Å². The van der Waals surface area contributed by atoms with Crippen LogP contribution in [-0.2, 0) is 0 Å². The number of aliphatic hydroxyl groups excluding tert-OH is 1. The quantitative estimate of drug-likeness (QED) is 0.480. The van der Waals surface area contributed by atoms with Crippen molar-refractivity contribution in [2.45, 2.75) is 32.6 Å². The van der Waals surface area contributed by atoms with Gasteiger partial charge in [-0.15, -0.1) is 0 Å². The van der Waals surface area contributed by atoms with Gasteiger partial charge in [-0.1, -0.05) is 19.8 Å². The zero-order chi connectivity index (χ0) is 16.2. The maximum atomic E-state index is 12.0. The van der Waals surface area contributed by atoms with E-state index in [-0.39, 0.29) is 17.6 Å². The number of rotatable bonds is 9. The summed E-state index contributed by atoms with van der Waals surface area (Å²) in [6.07, 6.45) is 3.93. The van der Waals surface area contributed by atoms with Gasteiger partial charge in [-0.3, -0.25) is 10.1 Å². The summed E-state index contributed by atoms with van der Waals surface area (Å²) in [6.45, 7) is 3.46. The van der Waals surface area contributed by atoms with E-state index in [2.05, 4.69) is 17.6 Å². The SMILES string of the molecule is CCCCCOc1ccc(C(=O)NC(=S)NCCCO)cc1. The Bertz CT molecular complexity index is 463. The lowest BCUT2D eigenvalue weighted by molar-refractivity contribution is 0.0976. The van der Waals surface area contributed by atoms with E-state index < -0.39 is 0 Å². The maximum absolute atomic E-state index is 12.0. The van der Waals surface area contributed by atoms with Crippen LogP contribution in [-0.4, -0.2) is 35.9 Å². The predicted octanol–water partition coefficient (Wildman–Crippen LogP) is 2.24. The summed E-state index contributed by atoms with van der Waals surface area (Å²) < 4.78 is 5.60. The topological polar surface area (TPSA) is 70.6 Å². The van der Waals surface area contributed by atoms with Gasteiger partial charge in [0.2, 0.25) is 0 Å². The van der Waals surface area contributed by atoms with Crippen molar-refractivity contribution in [3.05, 3.63) is 29.8 Å². The lowest BCUT2D eigenvalue weighted by atomic mass is 10.2. The average molecular weight is 324 g/mol. The first kappa shape index (κ1) is 18.4. The number of ether oxygens (including phenoxy) is 1. The fourth-order valence-corrected chi connectivity index (χ4v) is 1.94. The summed E-state index contributed by atoms with van der Waals surface area (Å²) in [5.41, 5.74) is 0.521. The second-order valence-electron chi connectivity index (χ2n) is 4.87. The number of unbranched alkanes of at least 4 members (excludes halogenated alkanes) is 2. The number of benzene rings is 1. The largest absolute Gasteiger partial charge is 0.494 e.